The minimum absolute atomic E-state index is 0.163. The van der Waals surface area contributed by atoms with Crippen molar-refractivity contribution in [2.24, 2.45) is 11.8 Å². The minimum Gasteiger partial charge on any atom is -0.503 e. The van der Waals surface area contributed by atoms with Crippen molar-refractivity contribution in [2.45, 2.75) is 45.7 Å². The first-order valence-corrected chi connectivity index (χ1v) is 8.11. The monoisotopic (exact) mass is 341 g/mol. The number of hydrogen-bond acceptors (Lipinski definition) is 3. The molecule has 1 saturated carbocycles. The second kappa shape index (κ2) is 6.81. The molecule has 3 atom stereocenters. The van der Waals surface area contributed by atoms with Crippen LogP contribution in [0.25, 0.3) is 0 Å². The molecule has 1 aliphatic rings. The van der Waals surface area contributed by atoms with Crippen LogP contribution in [-0.4, -0.2) is 18.3 Å². The first kappa shape index (κ1) is 15.6. The van der Waals surface area contributed by atoms with Crippen molar-refractivity contribution in [3.05, 3.63) is 22.2 Å². The van der Waals surface area contributed by atoms with E-state index in [1.807, 2.05) is 12.1 Å². The first-order chi connectivity index (χ1) is 9.52. The largest absolute Gasteiger partial charge is 0.503 e. The van der Waals surface area contributed by atoms with Crippen LogP contribution in [0, 0.1) is 11.8 Å². The summed E-state index contributed by atoms with van der Waals surface area (Å²) in [6, 6.07) is 4.42. The van der Waals surface area contributed by atoms with Crippen molar-refractivity contribution in [2.75, 3.05) is 7.11 Å². The molecule has 1 fully saturated rings. The number of halogens is 1. The predicted molar refractivity (Wildman–Crippen MR) is 85.2 cm³/mol. The first-order valence-electron chi connectivity index (χ1n) is 7.31. The van der Waals surface area contributed by atoms with Gasteiger partial charge in [0.2, 0.25) is 0 Å². The molecular weight excluding hydrogens is 318 g/mol. The van der Waals surface area contributed by atoms with E-state index in [9.17, 15) is 5.11 Å². The van der Waals surface area contributed by atoms with Gasteiger partial charge in [-0.1, -0.05) is 26.7 Å². The van der Waals surface area contributed by atoms with Crippen LogP contribution < -0.4 is 10.1 Å². The highest BCUT2D eigenvalue weighted by atomic mass is 79.9. The standard InChI is InChI=1S/C16H24BrNO2/c1-10-5-4-6-14(11(10)2)18-9-12-7-13(17)16(19)15(8-12)20-3/h7-8,10-11,14,18-19H,4-6,9H2,1-3H3. The van der Waals surface area contributed by atoms with Crippen LogP contribution in [0.1, 0.15) is 38.7 Å². The van der Waals surface area contributed by atoms with E-state index >= 15 is 0 Å². The van der Waals surface area contributed by atoms with E-state index in [0.29, 0.717) is 22.2 Å². The number of benzene rings is 1. The van der Waals surface area contributed by atoms with E-state index in [2.05, 4.69) is 35.1 Å². The van der Waals surface area contributed by atoms with Gasteiger partial charge >= 0.3 is 0 Å². The fraction of sp³-hybridized carbons (Fsp3) is 0.625. The third-order valence-electron chi connectivity index (χ3n) is 4.58. The van der Waals surface area contributed by atoms with Gasteiger partial charge in [0.25, 0.3) is 0 Å². The Kier molecular flexibility index (Phi) is 5.33. The molecule has 20 heavy (non-hydrogen) atoms. The van der Waals surface area contributed by atoms with Crippen molar-refractivity contribution < 1.29 is 9.84 Å². The number of phenolic OH excluding ortho intramolecular Hbond substituents is 1. The lowest BCUT2D eigenvalue weighted by molar-refractivity contribution is 0.206. The van der Waals surface area contributed by atoms with Crippen LogP contribution in [0.2, 0.25) is 0 Å². The van der Waals surface area contributed by atoms with Gasteiger partial charge in [0.05, 0.1) is 11.6 Å². The Morgan fingerprint density at radius 2 is 2.10 bits per heavy atom. The molecule has 1 aromatic rings. The van der Waals surface area contributed by atoms with E-state index in [1.54, 1.807) is 7.11 Å². The molecule has 1 aliphatic carbocycles. The summed E-state index contributed by atoms with van der Waals surface area (Å²) in [7, 11) is 1.57. The summed E-state index contributed by atoms with van der Waals surface area (Å²) in [5, 5.41) is 13.5. The van der Waals surface area contributed by atoms with Crippen LogP contribution >= 0.6 is 15.9 Å². The van der Waals surface area contributed by atoms with Gasteiger partial charge in [-0.25, -0.2) is 0 Å². The fourth-order valence-electron chi connectivity index (χ4n) is 3.00. The van der Waals surface area contributed by atoms with E-state index in [1.165, 1.54) is 19.3 Å². The quantitative estimate of drug-likeness (QED) is 0.866. The molecule has 112 valence electrons. The van der Waals surface area contributed by atoms with E-state index in [0.717, 1.165) is 18.0 Å². The van der Waals surface area contributed by atoms with Gasteiger partial charge < -0.3 is 15.2 Å². The van der Waals surface area contributed by atoms with Crippen LogP contribution in [0.4, 0.5) is 0 Å². The highest BCUT2D eigenvalue weighted by Gasteiger charge is 2.26. The van der Waals surface area contributed by atoms with Crippen LogP contribution in [0.3, 0.4) is 0 Å². The lowest BCUT2D eigenvalue weighted by Crippen LogP contribution is -2.40. The molecular formula is C16H24BrNO2. The Balaban J connectivity index is 2.02. The summed E-state index contributed by atoms with van der Waals surface area (Å²) in [6.45, 7) is 5.49. The lowest BCUT2D eigenvalue weighted by atomic mass is 9.78. The molecule has 0 bridgehead atoms. The maximum atomic E-state index is 9.82. The van der Waals surface area contributed by atoms with Gasteiger partial charge in [0.15, 0.2) is 11.5 Å². The summed E-state index contributed by atoms with van der Waals surface area (Å²) in [5.74, 6) is 2.19. The van der Waals surface area contributed by atoms with Gasteiger partial charge in [0.1, 0.15) is 0 Å². The van der Waals surface area contributed by atoms with Crippen molar-refractivity contribution in [1.82, 2.24) is 5.32 Å². The van der Waals surface area contributed by atoms with Crippen LogP contribution in [0.15, 0.2) is 16.6 Å². The summed E-state index contributed by atoms with van der Waals surface area (Å²) < 4.78 is 5.87. The third kappa shape index (κ3) is 3.47. The topological polar surface area (TPSA) is 41.5 Å². The molecule has 3 unspecified atom stereocenters. The van der Waals surface area contributed by atoms with Crippen LogP contribution in [-0.2, 0) is 6.54 Å². The Morgan fingerprint density at radius 1 is 1.35 bits per heavy atom. The Morgan fingerprint density at radius 3 is 2.80 bits per heavy atom. The molecule has 3 nitrogen and oxygen atoms in total. The van der Waals surface area contributed by atoms with Gasteiger partial charge in [-0.3, -0.25) is 0 Å². The van der Waals surface area contributed by atoms with Gasteiger partial charge in [-0.2, -0.15) is 0 Å². The number of phenols is 1. The second-order valence-corrected chi connectivity index (χ2v) is 6.74. The van der Waals surface area contributed by atoms with E-state index < -0.39 is 0 Å². The molecule has 2 rings (SSSR count). The lowest BCUT2D eigenvalue weighted by Gasteiger charge is -2.34. The molecule has 1 aromatic carbocycles. The van der Waals surface area contributed by atoms with Gasteiger partial charge in [-0.05, 0) is 51.9 Å². The van der Waals surface area contributed by atoms with Crippen molar-refractivity contribution in [3.8, 4) is 11.5 Å². The maximum Gasteiger partial charge on any atom is 0.172 e. The average Bonchev–Trinajstić information content (AvgIpc) is 2.44. The molecule has 2 N–H and O–H groups in total. The van der Waals surface area contributed by atoms with E-state index in [4.69, 9.17) is 4.74 Å². The number of ether oxygens (including phenoxy) is 1. The summed E-state index contributed by atoms with van der Waals surface area (Å²) in [6.07, 6.45) is 3.91. The predicted octanol–water partition coefficient (Wildman–Crippen LogP) is 4.08. The Bertz CT molecular complexity index is 464. The molecule has 0 spiro atoms. The Labute approximate surface area is 129 Å². The fourth-order valence-corrected chi connectivity index (χ4v) is 3.49. The zero-order valence-electron chi connectivity index (χ0n) is 12.4. The zero-order valence-corrected chi connectivity index (χ0v) is 14.0. The zero-order chi connectivity index (χ0) is 14.7. The molecule has 0 heterocycles. The van der Waals surface area contributed by atoms with Gasteiger partial charge in [-0.15, -0.1) is 0 Å². The molecule has 0 amide bonds. The number of hydrogen-bond donors (Lipinski definition) is 2. The summed E-state index contributed by atoms with van der Waals surface area (Å²) in [4.78, 5) is 0. The minimum atomic E-state index is 0.163. The van der Waals surface area contributed by atoms with E-state index in [-0.39, 0.29) is 5.75 Å². The second-order valence-electron chi connectivity index (χ2n) is 5.88. The number of nitrogens with one attached hydrogen (secondary N) is 1. The van der Waals surface area contributed by atoms with Crippen LogP contribution in [0.5, 0.6) is 11.5 Å². The SMILES string of the molecule is COc1cc(CNC2CCCC(C)C2C)cc(Br)c1O. The average molecular weight is 342 g/mol. The van der Waals surface area contributed by atoms with Crippen molar-refractivity contribution in [1.29, 1.82) is 0 Å². The molecule has 0 radical (unpaired) electrons. The third-order valence-corrected chi connectivity index (χ3v) is 5.19. The maximum absolute atomic E-state index is 9.82. The number of rotatable bonds is 4. The number of aromatic hydroxyl groups is 1. The smallest absolute Gasteiger partial charge is 0.172 e. The molecule has 0 aromatic heterocycles. The van der Waals surface area contributed by atoms with Crippen molar-refractivity contribution in [3.63, 3.8) is 0 Å². The summed E-state index contributed by atoms with van der Waals surface area (Å²) in [5.41, 5.74) is 1.12. The number of methoxy groups -OCH3 is 1. The van der Waals surface area contributed by atoms with Gasteiger partial charge in [0, 0.05) is 12.6 Å². The highest BCUT2D eigenvalue weighted by Crippen LogP contribution is 2.35. The molecule has 0 aliphatic heterocycles. The highest BCUT2D eigenvalue weighted by molar-refractivity contribution is 9.10. The Hall–Kier alpha value is -0.740. The normalized spacial score (nSPS) is 26.5. The molecule has 4 heteroatoms. The molecule has 0 saturated heterocycles. The summed E-state index contributed by atoms with van der Waals surface area (Å²) >= 11 is 3.37. The van der Waals surface area contributed by atoms with Crippen molar-refractivity contribution >= 4 is 15.9 Å².